The number of rotatable bonds is 7. The van der Waals surface area contributed by atoms with E-state index in [1.807, 2.05) is 24.3 Å². The van der Waals surface area contributed by atoms with E-state index in [9.17, 15) is 0 Å². The van der Waals surface area contributed by atoms with Gasteiger partial charge in [0, 0.05) is 26.8 Å². The van der Waals surface area contributed by atoms with E-state index in [0.717, 1.165) is 49.4 Å². The molecule has 9 aromatic carbocycles. The number of anilines is 3. The van der Waals surface area contributed by atoms with Crippen molar-refractivity contribution in [2.75, 3.05) is 4.90 Å². The maximum atomic E-state index is 8.64. The molecule has 1 nitrogen and oxygen atoms in total. The lowest BCUT2D eigenvalue weighted by molar-refractivity contribution is 1.30. The van der Waals surface area contributed by atoms with Gasteiger partial charge >= 0.3 is 0 Å². The normalized spacial score (nSPS) is 12.6. The Bertz CT molecular complexity index is 3160. The van der Waals surface area contributed by atoms with Gasteiger partial charge in [-0.3, -0.25) is 0 Å². The molecule has 0 amide bonds. The molecule has 0 aliphatic rings. The second kappa shape index (κ2) is 13.7. The van der Waals surface area contributed by atoms with E-state index in [-0.39, 0.29) is 29.7 Å². The first-order chi connectivity index (χ1) is 28.9. The minimum Gasteiger partial charge on any atom is -0.309 e. The quantitative estimate of drug-likeness (QED) is 0.159. The summed E-state index contributed by atoms with van der Waals surface area (Å²) in [6.07, 6.45) is 0. The second-order valence-electron chi connectivity index (χ2n) is 13.3. The minimum atomic E-state index is -0.402. The summed E-state index contributed by atoms with van der Waals surface area (Å²) < 4.78 is 44.3. The fourth-order valence-electron chi connectivity index (χ4n) is 7.63. The van der Waals surface area contributed by atoms with Crippen molar-refractivity contribution in [3.05, 3.63) is 212 Å². The maximum Gasteiger partial charge on any atom is 0.0640 e. The smallest absolute Gasteiger partial charge is 0.0640 e. The third-order valence-corrected chi connectivity index (χ3v) is 11.4. The Labute approximate surface area is 326 Å². The van der Waals surface area contributed by atoms with Gasteiger partial charge in [-0.2, -0.15) is 0 Å². The Hall–Kier alpha value is -6.74. The van der Waals surface area contributed by atoms with Crippen LogP contribution in [0.4, 0.5) is 17.1 Å². The molecule has 254 valence electrons. The zero-order chi connectivity index (χ0) is 40.2. The van der Waals surface area contributed by atoms with Gasteiger partial charge in [-0.05, 0) is 85.6 Å². The van der Waals surface area contributed by atoms with Crippen LogP contribution in [0.3, 0.4) is 0 Å². The summed E-state index contributed by atoms with van der Waals surface area (Å²) >= 11 is 1.80. The molecule has 0 atom stereocenters. The molecule has 0 unspecified atom stereocenters. The van der Waals surface area contributed by atoms with Crippen LogP contribution in [0.15, 0.2) is 212 Å². The highest BCUT2D eigenvalue weighted by Gasteiger charge is 2.22. The van der Waals surface area contributed by atoms with E-state index >= 15 is 0 Å². The Balaban J connectivity index is 1.19. The van der Waals surface area contributed by atoms with E-state index in [1.54, 1.807) is 11.3 Å². The lowest BCUT2D eigenvalue weighted by Crippen LogP contribution is -2.10. The van der Waals surface area contributed by atoms with Gasteiger partial charge in [0.25, 0.3) is 0 Å². The van der Waals surface area contributed by atoms with Gasteiger partial charge in [0.15, 0.2) is 0 Å². The molecular weight excluding hydrogens is 671 g/mol. The SMILES string of the molecule is [2H]c1c([2H])c([2H])c(-c2ccc(N(c3ccc(-c4cccc5ccccc45)cc3)c3cccc4c3sc3c(-c5ccccc5)ccc(-c5ccccc5)c34)cc2)c([2H])c1[2H]. The average molecular weight is 711 g/mol. The summed E-state index contributed by atoms with van der Waals surface area (Å²) in [5.74, 6) is 0. The van der Waals surface area contributed by atoms with E-state index in [1.165, 1.54) is 32.0 Å². The van der Waals surface area contributed by atoms with E-state index in [2.05, 4.69) is 163 Å². The number of benzene rings is 9. The second-order valence-corrected chi connectivity index (χ2v) is 14.3. The fraction of sp³-hybridized carbons (Fsp3) is 0. The zero-order valence-corrected chi connectivity index (χ0v) is 30.0. The number of fused-ring (bicyclic) bond motifs is 4. The first-order valence-electron chi connectivity index (χ1n) is 20.5. The highest BCUT2D eigenvalue weighted by Crippen LogP contribution is 2.50. The molecule has 0 aliphatic heterocycles. The molecule has 0 spiro atoms. The van der Waals surface area contributed by atoms with Crippen molar-refractivity contribution in [2.24, 2.45) is 0 Å². The number of thiophene rings is 1. The molecule has 0 saturated carbocycles. The van der Waals surface area contributed by atoms with Crippen LogP contribution < -0.4 is 4.90 Å². The lowest BCUT2D eigenvalue weighted by Gasteiger charge is -2.26. The van der Waals surface area contributed by atoms with E-state index in [4.69, 9.17) is 6.85 Å². The van der Waals surface area contributed by atoms with Crippen molar-refractivity contribution >= 4 is 59.3 Å². The molecular formula is C52H35NS. The van der Waals surface area contributed by atoms with Gasteiger partial charge in [0.1, 0.15) is 0 Å². The predicted octanol–water partition coefficient (Wildman–Crippen LogP) is 15.3. The Morgan fingerprint density at radius 3 is 1.65 bits per heavy atom. The van der Waals surface area contributed by atoms with Crippen LogP contribution in [0.2, 0.25) is 0 Å². The van der Waals surface area contributed by atoms with Crippen LogP contribution in [0.1, 0.15) is 6.85 Å². The predicted molar refractivity (Wildman–Crippen MR) is 233 cm³/mol. The molecule has 1 heterocycles. The Kier molecular flexibility index (Phi) is 6.82. The number of hydrogen-bond donors (Lipinski definition) is 0. The molecule has 10 rings (SSSR count). The Morgan fingerprint density at radius 1 is 0.370 bits per heavy atom. The Morgan fingerprint density at radius 2 is 0.926 bits per heavy atom. The summed E-state index contributed by atoms with van der Waals surface area (Å²) in [7, 11) is 0. The summed E-state index contributed by atoms with van der Waals surface area (Å²) in [6.45, 7) is 0. The molecule has 0 fully saturated rings. The van der Waals surface area contributed by atoms with Crippen molar-refractivity contribution in [1.29, 1.82) is 0 Å². The van der Waals surface area contributed by atoms with Gasteiger partial charge in [0.2, 0.25) is 0 Å². The van der Waals surface area contributed by atoms with Crippen LogP contribution >= 0.6 is 11.3 Å². The first kappa shape index (κ1) is 26.9. The maximum absolute atomic E-state index is 8.64. The first-order valence-corrected chi connectivity index (χ1v) is 18.8. The van der Waals surface area contributed by atoms with Crippen LogP contribution in [0.5, 0.6) is 0 Å². The minimum absolute atomic E-state index is 0.182. The van der Waals surface area contributed by atoms with Gasteiger partial charge in [-0.1, -0.05) is 182 Å². The van der Waals surface area contributed by atoms with Gasteiger partial charge in [-0.15, -0.1) is 11.3 Å². The van der Waals surface area contributed by atoms with Crippen molar-refractivity contribution < 1.29 is 6.85 Å². The van der Waals surface area contributed by atoms with Crippen molar-refractivity contribution in [3.8, 4) is 44.5 Å². The average Bonchev–Trinajstić information content (AvgIpc) is 3.69. The lowest BCUT2D eigenvalue weighted by atomic mass is 9.95. The summed E-state index contributed by atoms with van der Waals surface area (Å²) in [4.78, 5) is 2.26. The number of nitrogens with zero attached hydrogens (tertiary/aromatic N) is 1. The molecule has 0 N–H and O–H groups in total. The van der Waals surface area contributed by atoms with Crippen LogP contribution in [-0.2, 0) is 0 Å². The molecule has 2 heteroatoms. The summed E-state index contributed by atoms with van der Waals surface area (Å²) in [6, 6.07) is 61.8. The molecule has 1 aromatic heterocycles. The highest BCUT2D eigenvalue weighted by atomic mass is 32.1. The van der Waals surface area contributed by atoms with Crippen LogP contribution in [-0.4, -0.2) is 0 Å². The van der Waals surface area contributed by atoms with Crippen molar-refractivity contribution in [1.82, 2.24) is 0 Å². The summed E-state index contributed by atoms with van der Waals surface area (Å²) in [5, 5.41) is 4.76. The molecule has 0 saturated heterocycles. The largest absolute Gasteiger partial charge is 0.309 e. The highest BCUT2D eigenvalue weighted by molar-refractivity contribution is 7.27. The standard InChI is InChI=1S/C52H35NS/c1-4-14-36(15-5-1)37-26-30-42(31-27-37)53(43-32-28-41(29-33-43)45-23-12-21-38-20-10-11-22-44(38)45)49-25-13-24-48-50-46(39-16-6-2-7-17-39)34-35-47(52(50)54-51(48)49)40-18-8-3-9-19-40/h1-35H/i1D,4D,5D,14D,15D. The van der Waals surface area contributed by atoms with Crippen molar-refractivity contribution in [2.45, 2.75) is 0 Å². The third kappa shape index (κ3) is 5.65. The number of hydrogen-bond acceptors (Lipinski definition) is 2. The van der Waals surface area contributed by atoms with Gasteiger partial charge in [0.05, 0.1) is 17.2 Å². The van der Waals surface area contributed by atoms with Gasteiger partial charge < -0.3 is 4.90 Å². The zero-order valence-electron chi connectivity index (χ0n) is 34.2. The molecule has 54 heavy (non-hydrogen) atoms. The molecule has 0 aliphatic carbocycles. The monoisotopic (exact) mass is 710 g/mol. The third-order valence-electron chi connectivity index (χ3n) is 10.2. The molecule has 0 radical (unpaired) electrons. The fourth-order valence-corrected chi connectivity index (χ4v) is 9.00. The van der Waals surface area contributed by atoms with E-state index in [0.29, 0.717) is 5.56 Å². The molecule has 10 aromatic rings. The van der Waals surface area contributed by atoms with Crippen LogP contribution in [0, 0.1) is 0 Å². The topological polar surface area (TPSA) is 3.24 Å². The van der Waals surface area contributed by atoms with E-state index < -0.39 is 6.04 Å². The van der Waals surface area contributed by atoms with Gasteiger partial charge in [-0.25, -0.2) is 0 Å². The molecule has 0 bridgehead atoms. The van der Waals surface area contributed by atoms with Crippen molar-refractivity contribution in [3.63, 3.8) is 0 Å². The van der Waals surface area contributed by atoms with Crippen LogP contribution in [0.25, 0.3) is 75.5 Å². The summed E-state index contributed by atoms with van der Waals surface area (Å²) in [5.41, 5.74) is 10.5.